The summed E-state index contributed by atoms with van der Waals surface area (Å²) in [7, 11) is -2.14. The van der Waals surface area contributed by atoms with E-state index >= 15 is 0 Å². The molecule has 0 radical (unpaired) electrons. The predicted molar refractivity (Wildman–Crippen MR) is 311 cm³/mol. The Bertz CT molecular complexity index is 3520. The van der Waals surface area contributed by atoms with Crippen LogP contribution in [0.15, 0.2) is 84.9 Å². The Morgan fingerprint density at radius 3 is 1.17 bits per heavy atom. The third kappa shape index (κ3) is 9.47. The zero-order valence-corrected chi connectivity index (χ0v) is 46.6. The highest BCUT2D eigenvalue weighted by molar-refractivity contribution is 6.74. The van der Waals surface area contributed by atoms with Gasteiger partial charge in [-0.2, -0.15) is 0 Å². The molecule has 8 bridgehead atoms. The number of fused-ring (bicyclic) bond motifs is 8. The van der Waals surface area contributed by atoms with Crippen molar-refractivity contribution in [2.75, 3.05) is 5.06 Å². The maximum atomic E-state index is 6.96. The van der Waals surface area contributed by atoms with E-state index in [1.54, 1.807) is 0 Å². The Labute approximate surface area is 429 Å². The van der Waals surface area contributed by atoms with Gasteiger partial charge < -0.3 is 14.5 Å². The summed E-state index contributed by atoms with van der Waals surface area (Å²) in [6.45, 7) is 37.8. The highest BCUT2D eigenvalue weighted by Gasteiger charge is 2.42. The van der Waals surface area contributed by atoms with Gasteiger partial charge >= 0.3 is 0 Å². The van der Waals surface area contributed by atoms with Gasteiger partial charge in [0.2, 0.25) is 8.32 Å². The van der Waals surface area contributed by atoms with Gasteiger partial charge in [-0.25, -0.2) is 9.97 Å². The molecule has 7 aromatic rings. The van der Waals surface area contributed by atoms with E-state index in [-0.39, 0.29) is 10.6 Å². The quantitative estimate of drug-likeness (QED) is 0.0990. The first kappa shape index (κ1) is 50.0. The van der Waals surface area contributed by atoms with Crippen LogP contribution in [0.2, 0.25) is 18.1 Å². The Morgan fingerprint density at radius 2 is 0.792 bits per heavy atom. The van der Waals surface area contributed by atoms with Gasteiger partial charge in [0.1, 0.15) is 0 Å². The SMILES string of the molecule is Cc1cc(C)c(-c2c3nc(c(-c4c(C)cc(C)cc4C)c4ccc([nH]4)c(-c4c(C)cc(C)cc4C)c4nc(c(C#Cc5ccc(N(O[Si](C)(C)C(C)(C)C)C(C)(C)C)cc5)c5ccc2[nH]5)C=C4)C=C3)c(C)c1. The van der Waals surface area contributed by atoms with Crippen LogP contribution in [0.3, 0.4) is 0 Å². The molecule has 0 saturated heterocycles. The van der Waals surface area contributed by atoms with Gasteiger partial charge in [0.25, 0.3) is 0 Å². The number of nitrogens with zero attached hydrogens (tertiary/aromatic N) is 3. The Kier molecular flexibility index (Phi) is 12.9. The van der Waals surface area contributed by atoms with Crippen molar-refractivity contribution in [2.24, 2.45) is 0 Å². The molecule has 2 aliphatic heterocycles. The Hall–Kier alpha value is -6.98. The van der Waals surface area contributed by atoms with Gasteiger partial charge in [-0.3, -0.25) is 5.06 Å². The van der Waals surface area contributed by atoms with E-state index in [4.69, 9.17) is 14.5 Å². The fourth-order valence-electron chi connectivity index (χ4n) is 10.6. The van der Waals surface area contributed by atoms with Crippen molar-refractivity contribution in [1.82, 2.24) is 19.9 Å². The minimum atomic E-state index is -2.14. The third-order valence-electron chi connectivity index (χ3n) is 14.7. The second kappa shape index (κ2) is 18.6. The summed E-state index contributed by atoms with van der Waals surface area (Å²) in [5, 5.41) is 2.16. The molecule has 0 aliphatic carbocycles. The summed E-state index contributed by atoms with van der Waals surface area (Å²) in [6, 6.07) is 30.9. The van der Waals surface area contributed by atoms with E-state index in [9.17, 15) is 0 Å². The van der Waals surface area contributed by atoms with Crippen LogP contribution in [0.4, 0.5) is 5.69 Å². The minimum Gasteiger partial charge on any atom is -0.354 e. The number of H-pyrrole nitrogens is 2. The van der Waals surface area contributed by atoms with Gasteiger partial charge in [0, 0.05) is 38.8 Å². The van der Waals surface area contributed by atoms with E-state index in [0.717, 1.165) is 89.5 Å². The lowest BCUT2D eigenvalue weighted by molar-refractivity contribution is 0.185. The highest BCUT2D eigenvalue weighted by atomic mass is 28.4. The van der Waals surface area contributed by atoms with E-state index < -0.39 is 8.32 Å². The molecule has 2 N–H and O–H groups in total. The van der Waals surface area contributed by atoms with Gasteiger partial charge in [0.05, 0.1) is 45.1 Å². The Balaban J connectivity index is 1.37. The molecule has 72 heavy (non-hydrogen) atoms. The summed E-state index contributed by atoms with van der Waals surface area (Å²) >= 11 is 0. The number of anilines is 1. The van der Waals surface area contributed by atoms with Gasteiger partial charge in [0.15, 0.2) is 0 Å². The summed E-state index contributed by atoms with van der Waals surface area (Å²) in [5.41, 5.74) is 27.3. The second-order valence-electron chi connectivity index (χ2n) is 22.9. The van der Waals surface area contributed by atoms with Crippen molar-refractivity contribution in [2.45, 2.75) is 128 Å². The molecule has 0 fully saturated rings. The number of aryl methyl sites for hydroxylation is 9. The molecular formula is C65H71N5OSi. The van der Waals surface area contributed by atoms with Crippen LogP contribution >= 0.6 is 0 Å². The minimum absolute atomic E-state index is 0.0535. The lowest BCUT2D eigenvalue weighted by atomic mass is 9.92. The number of benzene rings is 4. The fraction of sp³-hybridized carbons (Fsp3) is 0.292. The average molecular weight is 966 g/mol. The smallest absolute Gasteiger partial charge is 0.228 e. The fourth-order valence-corrected chi connectivity index (χ4v) is 11.7. The second-order valence-corrected chi connectivity index (χ2v) is 27.6. The van der Waals surface area contributed by atoms with Crippen LogP contribution in [0.1, 0.15) is 126 Å². The van der Waals surface area contributed by atoms with E-state index in [2.05, 4.69) is 253 Å². The standard InChI is InChI=1S/C65H71N5OSi/c1-38-32-41(4)58(42(5)33-38)61-52-26-24-50(66-52)49(23-20-47-18-21-48(22-19-47)70(64(10,11)12)71-72(16,17)65(13,14)15)51-25-27-53(67-51)62(59-43(6)34-39(2)35-44(59)7)55-29-31-57(69-55)63(56-30-28-54(61)68-56)60-45(8)36-40(3)37-46(60)9/h18-19,21-22,24-37,66,69H,1-17H3. The number of aromatic amines is 2. The summed E-state index contributed by atoms with van der Waals surface area (Å²) in [5.74, 6) is 7.24. The summed E-state index contributed by atoms with van der Waals surface area (Å²) in [6.07, 6.45) is 8.68. The molecule has 2 aliphatic rings. The largest absolute Gasteiger partial charge is 0.354 e. The monoisotopic (exact) mass is 966 g/mol. The molecule has 0 atom stereocenters. The number of hydrogen-bond acceptors (Lipinski definition) is 4. The summed E-state index contributed by atoms with van der Waals surface area (Å²) < 4.78 is 6.96. The molecule has 6 nitrogen and oxygen atoms in total. The first-order valence-electron chi connectivity index (χ1n) is 25.4. The lowest BCUT2D eigenvalue weighted by Crippen LogP contribution is -2.52. The first-order valence-corrected chi connectivity index (χ1v) is 28.3. The van der Waals surface area contributed by atoms with Crippen molar-refractivity contribution in [3.05, 3.63) is 169 Å². The third-order valence-corrected chi connectivity index (χ3v) is 19.0. The number of rotatable bonds is 6. The van der Waals surface area contributed by atoms with Crippen molar-refractivity contribution < 1.29 is 4.53 Å². The average Bonchev–Trinajstić information content (AvgIpc) is 4.12. The maximum Gasteiger partial charge on any atom is 0.228 e. The molecule has 366 valence electrons. The highest BCUT2D eigenvalue weighted by Crippen LogP contribution is 2.43. The number of hydroxylamine groups is 1. The molecular weight excluding hydrogens is 895 g/mol. The topological polar surface area (TPSA) is 69.8 Å². The van der Waals surface area contributed by atoms with Crippen molar-refractivity contribution in [3.8, 4) is 45.2 Å². The van der Waals surface area contributed by atoms with Crippen LogP contribution in [-0.2, 0) is 4.53 Å². The van der Waals surface area contributed by atoms with E-state index in [0.29, 0.717) is 0 Å². The Morgan fingerprint density at radius 1 is 0.444 bits per heavy atom. The van der Waals surface area contributed by atoms with Gasteiger partial charge in [-0.05, 0) is 224 Å². The zero-order valence-electron chi connectivity index (χ0n) is 45.6. The molecule has 5 heterocycles. The molecule has 9 rings (SSSR count). The predicted octanol–water partition coefficient (Wildman–Crippen LogP) is 17.4. The zero-order chi connectivity index (χ0) is 51.8. The van der Waals surface area contributed by atoms with Crippen LogP contribution < -0.4 is 5.06 Å². The number of aromatic nitrogens is 4. The van der Waals surface area contributed by atoms with Crippen molar-refractivity contribution in [3.63, 3.8) is 0 Å². The molecule has 0 spiro atoms. The van der Waals surface area contributed by atoms with Crippen molar-refractivity contribution in [1.29, 1.82) is 0 Å². The number of nitrogens with one attached hydrogen (secondary N) is 2. The van der Waals surface area contributed by atoms with Crippen molar-refractivity contribution >= 4 is 60.4 Å². The summed E-state index contributed by atoms with van der Waals surface area (Å²) in [4.78, 5) is 19.1. The first-order chi connectivity index (χ1) is 33.9. The molecule has 0 amide bonds. The van der Waals surface area contributed by atoms with E-state index in [1.807, 2.05) is 0 Å². The van der Waals surface area contributed by atoms with E-state index in [1.165, 1.54) is 55.6 Å². The van der Waals surface area contributed by atoms with Gasteiger partial charge in [-0.15, -0.1) is 0 Å². The molecule has 4 aromatic carbocycles. The number of hydrogen-bond donors (Lipinski definition) is 2. The van der Waals surface area contributed by atoms with Crippen LogP contribution in [0.5, 0.6) is 0 Å². The van der Waals surface area contributed by atoms with Crippen LogP contribution in [-0.4, -0.2) is 33.8 Å². The molecule has 3 aromatic heterocycles. The lowest BCUT2D eigenvalue weighted by Gasteiger charge is -2.45. The molecule has 0 unspecified atom stereocenters. The normalized spacial score (nSPS) is 12.6. The maximum absolute atomic E-state index is 6.96. The van der Waals surface area contributed by atoms with Gasteiger partial charge in [-0.1, -0.05) is 85.7 Å². The van der Waals surface area contributed by atoms with Crippen LogP contribution in [0, 0.1) is 74.2 Å². The van der Waals surface area contributed by atoms with Crippen LogP contribution in [0.25, 0.3) is 79.8 Å². The molecule has 0 saturated carbocycles. The molecule has 7 heteroatoms.